The van der Waals surface area contributed by atoms with Crippen molar-refractivity contribution in [3.05, 3.63) is 0 Å². The van der Waals surface area contributed by atoms with E-state index in [-0.39, 0.29) is 10.6 Å². The Morgan fingerprint density at radius 1 is 1.62 bits per heavy atom. The van der Waals surface area contributed by atoms with Crippen LogP contribution in [0.15, 0.2) is 0 Å². The van der Waals surface area contributed by atoms with Gasteiger partial charge in [0.25, 0.3) is 0 Å². The molecular formula is C6H12ClN. The fourth-order valence-electron chi connectivity index (χ4n) is 0.155. The van der Waals surface area contributed by atoms with Crippen molar-refractivity contribution < 1.29 is 0 Å². The Balaban J connectivity index is 3.91. The summed E-state index contributed by atoms with van der Waals surface area (Å²) in [7, 11) is 0. The van der Waals surface area contributed by atoms with Gasteiger partial charge in [-0.2, -0.15) is 0 Å². The molecule has 0 aliphatic rings. The zero-order valence-corrected chi connectivity index (χ0v) is 6.34. The van der Waals surface area contributed by atoms with Gasteiger partial charge in [-0.3, -0.25) is 5.41 Å². The summed E-state index contributed by atoms with van der Waals surface area (Å²) < 4.78 is 0. The maximum atomic E-state index is 7.06. The van der Waals surface area contributed by atoms with Crippen LogP contribution < -0.4 is 0 Å². The Bertz CT molecular complexity index is 96.7. The first-order chi connectivity index (χ1) is 3.50. The van der Waals surface area contributed by atoms with E-state index in [0.29, 0.717) is 0 Å². The van der Waals surface area contributed by atoms with E-state index in [1.54, 1.807) is 0 Å². The topological polar surface area (TPSA) is 23.9 Å². The highest BCUT2D eigenvalue weighted by Crippen LogP contribution is 2.22. The minimum atomic E-state index is -0.110. The fraction of sp³-hybridized carbons (Fsp3) is 0.833. The number of hydrogen-bond acceptors (Lipinski definition) is 1. The molecule has 0 atom stereocenters. The Hall–Kier alpha value is -0.0400. The quantitative estimate of drug-likeness (QED) is 0.560. The summed E-state index contributed by atoms with van der Waals surface area (Å²) in [5, 5.41) is 7.31. The minimum absolute atomic E-state index is 0.110. The number of nitrogens with one attached hydrogen (secondary N) is 1. The van der Waals surface area contributed by atoms with Gasteiger partial charge in [0, 0.05) is 5.41 Å². The van der Waals surface area contributed by atoms with Crippen molar-refractivity contribution in [2.24, 2.45) is 5.41 Å². The van der Waals surface area contributed by atoms with Crippen molar-refractivity contribution >= 4 is 16.8 Å². The lowest BCUT2D eigenvalue weighted by molar-refractivity contribution is 0.508. The molecule has 0 fully saturated rings. The lowest BCUT2D eigenvalue weighted by Gasteiger charge is -2.18. The molecule has 8 heavy (non-hydrogen) atoms. The molecule has 0 bridgehead atoms. The van der Waals surface area contributed by atoms with Crippen LogP contribution >= 0.6 is 11.6 Å². The molecule has 0 saturated carbocycles. The predicted molar refractivity (Wildman–Crippen MR) is 37.7 cm³/mol. The number of rotatable bonds is 2. The van der Waals surface area contributed by atoms with Gasteiger partial charge >= 0.3 is 0 Å². The van der Waals surface area contributed by atoms with E-state index in [2.05, 4.69) is 0 Å². The van der Waals surface area contributed by atoms with Crippen molar-refractivity contribution in [3.63, 3.8) is 0 Å². The third-order valence-corrected chi connectivity index (χ3v) is 1.99. The van der Waals surface area contributed by atoms with Crippen LogP contribution in [0.2, 0.25) is 0 Å². The SMILES string of the molecule is CCC(C)(C)C(=N)Cl. The molecule has 0 aliphatic carbocycles. The first-order valence-electron chi connectivity index (χ1n) is 2.75. The molecule has 0 spiro atoms. The molecule has 48 valence electrons. The summed E-state index contributed by atoms with van der Waals surface area (Å²) >= 11 is 5.45. The third kappa shape index (κ3) is 1.83. The van der Waals surface area contributed by atoms with Gasteiger partial charge in [-0.15, -0.1) is 0 Å². The lowest BCUT2D eigenvalue weighted by atomic mass is 9.92. The van der Waals surface area contributed by atoms with E-state index >= 15 is 0 Å². The van der Waals surface area contributed by atoms with Gasteiger partial charge in [0.2, 0.25) is 0 Å². The monoisotopic (exact) mass is 133 g/mol. The second-order valence-electron chi connectivity index (χ2n) is 2.55. The summed E-state index contributed by atoms with van der Waals surface area (Å²) in [5.41, 5.74) is -0.110. The number of hydrogen-bond donors (Lipinski definition) is 1. The molecule has 0 saturated heterocycles. The molecule has 0 aliphatic heterocycles. The largest absolute Gasteiger partial charge is 0.293 e. The second kappa shape index (κ2) is 2.49. The first-order valence-corrected chi connectivity index (χ1v) is 3.13. The molecule has 1 nitrogen and oxygen atoms in total. The van der Waals surface area contributed by atoms with Crippen LogP contribution in [0.1, 0.15) is 27.2 Å². The first kappa shape index (κ1) is 7.96. The van der Waals surface area contributed by atoms with Crippen LogP contribution in [0.3, 0.4) is 0 Å². The van der Waals surface area contributed by atoms with E-state index in [1.807, 2.05) is 20.8 Å². The molecule has 0 radical (unpaired) electrons. The van der Waals surface area contributed by atoms with Crippen molar-refractivity contribution in [2.75, 3.05) is 0 Å². The average Bonchev–Trinajstić information content (AvgIpc) is 1.67. The fourth-order valence-corrected chi connectivity index (χ4v) is 0.289. The van der Waals surface area contributed by atoms with Gasteiger partial charge in [0.05, 0.1) is 0 Å². The molecule has 0 aromatic heterocycles. The van der Waals surface area contributed by atoms with Gasteiger partial charge in [-0.1, -0.05) is 32.4 Å². The molecule has 0 amide bonds. The van der Waals surface area contributed by atoms with E-state index in [0.717, 1.165) is 6.42 Å². The Morgan fingerprint density at radius 3 is 2.00 bits per heavy atom. The summed E-state index contributed by atoms with van der Waals surface area (Å²) in [6, 6.07) is 0. The predicted octanol–water partition coefficient (Wildman–Crippen LogP) is 2.64. The second-order valence-corrected chi connectivity index (χ2v) is 2.93. The maximum absolute atomic E-state index is 7.06. The summed E-state index contributed by atoms with van der Waals surface area (Å²) in [4.78, 5) is 0. The summed E-state index contributed by atoms with van der Waals surface area (Å²) in [6.45, 7) is 5.95. The number of halogens is 1. The van der Waals surface area contributed by atoms with E-state index in [9.17, 15) is 0 Å². The van der Waals surface area contributed by atoms with E-state index in [4.69, 9.17) is 17.0 Å². The van der Waals surface area contributed by atoms with Crippen LogP contribution in [0.5, 0.6) is 0 Å². The van der Waals surface area contributed by atoms with Crippen molar-refractivity contribution in [1.82, 2.24) is 0 Å². The van der Waals surface area contributed by atoms with Crippen LogP contribution in [0.4, 0.5) is 0 Å². The zero-order chi connectivity index (χ0) is 6.78. The highest BCUT2D eigenvalue weighted by molar-refractivity contribution is 6.65. The highest BCUT2D eigenvalue weighted by Gasteiger charge is 2.18. The Labute approximate surface area is 55.6 Å². The van der Waals surface area contributed by atoms with Gasteiger partial charge in [0.15, 0.2) is 0 Å². The molecule has 0 heterocycles. The molecule has 0 aromatic carbocycles. The minimum Gasteiger partial charge on any atom is -0.293 e. The van der Waals surface area contributed by atoms with Gasteiger partial charge in [-0.05, 0) is 6.42 Å². The van der Waals surface area contributed by atoms with Crippen LogP contribution in [-0.2, 0) is 0 Å². The molecule has 0 rings (SSSR count). The third-order valence-electron chi connectivity index (χ3n) is 1.48. The zero-order valence-electron chi connectivity index (χ0n) is 5.59. The standard InChI is InChI=1S/C6H12ClN/c1-4-6(2,3)5(7)8/h8H,4H2,1-3H3. The van der Waals surface area contributed by atoms with E-state index < -0.39 is 0 Å². The smallest absolute Gasteiger partial charge is 0.103 e. The van der Waals surface area contributed by atoms with Gasteiger partial charge in [0.1, 0.15) is 5.17 Å². The molecule has 1 N–H and O–H groups in total. The van der Waals surface area contributed by atoms with Crippen LogP contribution in [-0.4, -0.2) is 5.17 Å². The Kier molecular flexibility index (Phi) is 2.48. The Morgan fingerprint density at radius 2 is 2.00 bits per heavy atom. The highest BCUT2D eigenvalue weighted by atomic mass is 35.5. The van der Waals surface area contributed by atoms with Crippen LogP contribution in [0.25, 0.3) is 0 Å². The molecule has 0 aromatic rings. The normalized spacial score (nSPS) is 11.5. The molecule has 2 heteroatoms. The lowest BCUT2D eigenvalue weighted by Crippen LogP contribution is -2.16. The van der Waals surface area contributed by atoms with Gasteiger partial charge < -0.3 is 0 Å². The van der Waals surface area contributed by atoms with Crippen molar-refractivity contribution in [2.45, 2.75) is 27.2 Å². The summed E-state index contributed by atoms with van der Waals surface area (Å²) in [6.07, 6.45) is 0.926. The van der Waals surface area contributed by atoms with E-state index in [1.165, 1.54) is 0 Å². The van der Waals surface area contributed by atoms with Crippen molar-refractivity contribution in [1.29, 1.82) is 5.41 Å². The molecule has 0 unspecified atom stereocenters. The summed E-state index contributed by atoms with van der Waals surface area (Å²) in [5.74, 6) is 0. The maximum Gasteiger partial charge on any atom is 0.103 e. The van der Waals surface area contributed by atoms with Crippen LogP contribution in [0, 0.1) is 10.8 Å². The molecular weight excluding hydrogens is 122 g/mol. The average molecular weight is 134 g/mol. The van der Waals surface area contributed by atoms with Gasteiger partial charge in [-0.25, -0.2) is 0 Å². The van der Waals surface area contributed by atoms with Crippen molar-refractivity contribution in [3.8, 4) is 0 Å².